The zero-order valence-corrected chi connectivity index (χ0v) is 12.9. The first kappa shape index (κ1) is 14.1. The van der Waals surface area contributed by atoms with Crippen LogP contribution in [-0.4, -0.2) is 24.5 Å². The molecule has 108 valence electrons. The van der Waals surface area contributed by atoms with Crippen molar-refractivity contribution in [2.75, 3.05) is 13.6 Å². The van der Waals surface area contributed by atoms with Crippen LogP contribution in [0.15, 0.2) is 60.7 Å². The van der Waals surface area contributed by atoms with E-state index in [1.54, 1.807) is 0 Å². The minimum atomic E-state index is 0.494. The summed E-state index contributed by atoms with van der Waals surface area (Å²) in [5, 5.41) is 0. The Morgan fingerprint density at radius 2 is 1.71 bits per heavy atom. The number of benzene rings is 2. The highest BCUT2D eigenvalue weighted by atomic mass is 15.1. The summed E-state index contributed by atoms with van der Waals surface area (Å²) in [5.74, 6) is 0.609. The average molecular weight is 277 g/mol. The maximum Gasteiger partial charge on any atom is 0.0347 e. The van der Waals surface area contributed by atoms with E-state index in [0.29, 0.717) is 12.0 Å². The van der Waals surface area contributed by atoms with E-state index in [2.05, 4.69) is 85.6 Å². The van der Waals surface area contributed by atoms with Crippen LogP contribution in [0.4, 0.5) is 0 Å². The molecule has 0 radical (unpaired) electrons. The summed E-state index contributed by atoms with van der Waals surface area (Å²) in [4.78, 5) is 2.46. The molecule has 1 saturated heterocycles. The molecule has 0 aromatic heterocycles. The molecule has 0 aliphatic carbocycles. The molecule has 1 aliphatic rings. The van der Waals surface area contributed by atoms with Gasteiger partial charge < -0.3 is 0 Å². The van der Waals surface area contributed by atoms with E-state index in [9.17, 15) is 0 Å². The van der Waals surface area contributed by atoms with E-state index in [1.165, 1.54) is 29.7 Å². The number of likely N-dealkylation sites (tertiary alicyclic amines) is 1. The van der Waals surface area contributed by atoms with E-state index in [0.717, 1.165) is 0 Å². The fourth-order valence-electron chi connectivity index (χ4n) is 3.20. The molecule has 0 bridgehead atoms. The number of likely N-dealkylation sites (N-methyl/N-ethyl adjacent to an activating group) is 1. The fraction of sp³-hybridized carbons (Fsp3) is 0.300. The van der Waals surface area contributed by atoms with Crippen LogP contribution in [0.1, 0.15) is 29.0 Å². The number of aryl methyl sites for hydroxylation is 1. The second-order valence-corrected chi connectivity index (χ2v) is 6.05. The van der Waals surface area contributed by atoms with Crippen molar-refractivity contribution >= 4 is 6.08 Å². The molecule has 1 heteroatoms. The van der Waals surface area contributed by atoms with Gasteiger partial charge in [0.25, 0.3) is 0 Å². The molecule has 0 spiro atoms. The minimum absolute atomic E-state index is 0.494. The Balaban J connectivity index is 1.80. The molecule has 21 heavy (non-hydrogen) atoms. The van der Waals surface area contributed by atoms with Crippen LogP contribution in [0.2, 0.25) is 0 Å². The van der Waals surface area contributed by atoms with Gasteiger partial charge in [-0.2, -0.15) is 0 Å². The van der Waals surface area contributed by atoms with Gasteiger partial charge in [0.1, 0.15) is 0 Å². The molecule has 0 unspecified atom stereocenters. The Morgan fingerprint density at radius 1 is 1.00 bits per heavy atom. The van der Waals surface area contributed by atoms with E-state index in [4.69, 9.17) is 0 Å². The molecule has 2 atom stereocenters. The Hall–Kier alpha value is -1.86. The van der Waals surface area contributed by atoms with Crippen LogP contribution < -0.4 is 0 Å². The minimum Gasteiger partial charge on any atom is -0.299 e. The molecule has 0 saturated carbocycles. The van der Waals surface area contributed by atoms with Crippen molar-refractivity contribution in [2.24, 2.45) is 0 Å². The van der Waals surface area contributed by atoms with Crippen molar-refractivity contribution in [1.29, 1.82) is 0 Å². The molecule has 3 rings (SSSR count). The zero-order valence-electron chi connectivity index (χ0n) is 12.9. The highest BCUT2D eigenvalue weighted by molar-refractivity contribution is 5.51. The summed E-state index contributed by atoms with van der Waals surface area (Å²) < 4.78 is 0. The summed E-state index contributed by atoms with van der Waals surface area (Å²) in [6, 6.07) is 20.1. The molecule has 0 N–H and O–H groups in total. The van der Waals surface area contributed by atoms with E-state index < -0.39 is 0 Å². The molecule has 1 aliphatic heterocycles. The normalized spacial score (nSPS) is 23.0. The lowest BCUT2D eigenvalue weighted by molar-refractivity contribution is 0.347. The third-order valence-electron chi connectivity index (χ3n) is 4.50. The highest BCUT2D eigenvalue weighted by Crippen LogP contribution is 2.33. The van der Waals surface area contributed by atoms with Crippen LogP contribution in [0.3, 0.4) is 0 Å². The first-order valence-corrected chi connectivity index (χ1v) is 7.74. The summed E-state index contributed by atoms with van der Waals surface area (Å²) in [6.45, 7) is 3.30. The summed E-state index contributed by atoms with van der Waals surface area (Å²) in [7, 11) is 2.23. The standard InChI is InChI=1S/C20H23N/c1-16-8-10-17(11-9-16)12-13-20-19(14-15-21(20)2)18-6-4-3-5-7-18/h3-13,19-20H,14-15H2,1-2H3/b13-12+/t19-,20-/m1/s1. The van der Waals surface area contributed by atoms with Crippen molar-refractivity contribution in [1.82, 2.24) is 4.90 Å². The number of rotatable bonds is 3. The monoisotopic (exact) mass is 277 g/mol. The summed E-state index contributed by atoms with van der Waals surface area (Å²) in [6.07, 6.45) is 5.88. The van der Waals surface area contributed by atoms with Gasteiger partial charge in [-0.25, -0.2) is 0 Å². The maximum atomic E-state index is 2.46. The third-order valence-corrected chi connectivity index (χ3v) is 4.50. The lowest BCUT2D eigenvalue weighted by Gasteiger charge is -2.22. The second-order valence-electron chi connectivity index (χ2n) is 6.05. The zero-order chi connectivity index (χ0) is 14.7. The highest BCUT2D eigenvalue weighted by Gasteiger charge is 2.30. The predicted molar refractivity (Wildman–Crippen MR) is 90.4 cm³/mol. The molecule has 2 aromatic rings. The van der Waals surface area contributed by atoms with Crippen LogP contribution in [0.25, 0.3) is 6.08 Å². The molecule has 1 nitrogen and oxygen atoms in total. The Labute approximate surface area is 127 Å². The smallest absolute Gasteiger partial charge is 0.0347 e. The lowest BCUT2D eigenvalue weighted by atomic mass is 9.91. The molecule has 1 heterocycles. The number of hydrogen-bond acceptors (Lipinski definition) is 1. The van der Waals surface area contributed by atoms with Gasteiger partial charge in [0.15, 0.2) is 0 Å². The van der Waals surface area contributed by atoms with Gasteiger partial charge in [-0.3, -0.25) is 4.90 Å². The number of nitrogens with zero attached hydrogens (tertiary/aromatic N) is 1. The summed E-state index contributed by atoms with van der Waals surface area (Å²) >= 11 is 0. The largest absolute Gasteiger partial charge is 0.299 e. The topological polar surface area (TPSA) is 3.24 Å². The molecule has 0 amide bonds. The Bertz CT molecular complexity index is 597. The average Bonchev–Trinajstić information content (AvgIpc) is 2.89. The van der Waals surface area contributed by atoms with Gasteiger partial charge in [-0.05, 0) is 38.1 Å². The van der Waals surface area contributed by atoms with Crippen LogP contribution >= 0.6 is 0 Å². The van der Waals surface area contributed by atoms with Crippen LogP contribution in [0.5, 0.6) is 0 Å². The van der Waals surface area contributed by atoms with Crippen molar-refractivity contribution < 1.29 is 0 Å². The second kappa shape index (κ2) is 6.28. The van der Waals surface area contributed by atoms with E-state index >= 15 is 0 Å². The Kier molecular flexibility index (Phi) is 4.21. The molecule has 1 fully saturated rings. The van der Waals surface area contributed by atoms with Gasteiger partial charge in [-0.15, -0.1) is 0 Å². The predicted octanol–water partition coefficient (Wildman–Crippen LogP) is 4.50. The molecular formula is C20H23N. The van der Waals surface area contributed by atoms with E-state index in [-0.39, 0.29) is 0 Å². The van der Waals surface area contributed by atoms with Crippen molar-refractivity contribution in [3.05, 3.63) is 77.4 Å². The first-order valence-electron chi connectivity index (χ1n) is 7.74. The Morgan fingerprint density at radius 3 is 2.43 bits per heavy atom. The van der Waals surface area contributed by atoms with E-state index in [1.807, 2.05) is 0 Å². The van der Waals surface area contributed by atoms with Crippen molar-refractivity contribution in [2.45, 2.75) is 25.3 Å². The first-order chi connectivity index (χ1) is 10.2. The third kappa shape index (κ3) is 3.25. The van der Waals surface area contributed by atoms with Crippen molar-refractivity contribution in [3.8, 4) is 0 Å². The fourth-order valence-corrected chi connectivity index (χ4v) is 3.20. The lowest BCUT2D eigenvalue weighted by Crippen LogP contribution is -2.26. The van der Waals surface area contributed by atoms with Gasteiger partial charge in [-0.1, -0.05) is 72.3 Å². The van der Waals surface area contributed by atoms with Gasteiger partial charge >= 0.3 is 0 Å². The quantitative estimate of drug-likeness (QED) is 0.798. The van der Waals surface area contributed by atoms with Crippen LogP contribution in [0, 0.1) is 6.92 Å². The summed E-state index contributed by atoms with van der Waals surface area (Å²) in [5.41, 5.74) is 4.06. The van der Waals surface area contributed by atoms with Gasteiger partial charge in [0.05, 0.1) is 0 Å². The molecular weight excluding hydrogens is 254 g/mol. The number of hydrogen-bond donors (Lipinski definition) is 0. The van der Waals surface area contributed by atoms with Gasteiger partial charge in [0.2, 0.25) is 0 Å². The molecule has 2 aromatic carbocycles. The maximum absolute atomic E-state index is 2.46. The van der Waals surface area contributed by atoms with Crippen LogP contribution in [-0.2, 0) is 0 Å². The van der Waals surface area contributed by atoms with Crippen molar-refractivity contribution in [3.63, 3.8) is 0 Å². The van der Waals surface area contributed by atoms with Gasteiger partial charge in [0, 0.05) is 12.0 Å². The SMILES string of the molecule is Cc1ccc(/C=C/[C@@H]2[C@@H](c3ccccc3)CCN2C)cc1.